The zero-order valence-electron chi connectivity index (χ0n) is 20.2. The van der Waals surface area contributed by atoms with Crippen molar-refractivity contribution in [3.05, 3.63) is 66.1 Å². The average molecular weight is 509 g/mol. The second-order valence-electron chi connectivity index (χ2n) is 8.70. The molecule has 4 aromatic rings. The molecule has 37 heavy (non-hydrogen) atoms. The van der Waals surface area contributed by atoms with Crippen molar-refractivity contribution < 1.29 is 18.1 Å². The number of benzene rings is 1. The minimum Gasteiger partial charge on any atom is -0.364 e. The summed E-state index contributed by atoms with van der Waals surface area (Å²) >= 11 is 0. The normalized spacial score (nSPS) is 15.5. The van der Waals surface area contributed by atoms with Crippen LogP contribution >= 0.6 is 0 Å². The number of halogens is 2. The summed E-state index contributed by atoms with van der Waals surface area (Å²) < 4.78 is 35.8. The average Bonchev–Trinajstić information content (AvgIpc) is 3.56. The van der Waals surface area contributed by atoms with Crippen LogP contribution < -0.4 is 15.5 Å². The number of amides is 2. The summed E-state index contributed by atoms with van der Waals surface area (Å²) in [6.45, 7) is 3.51. The summed E-state index contributed by atoms with van der Waals surface area (Å²) in [5.74, 6) is -0.567. The minimum atomic E-state index is -0.565. The van der Waals surface area contributed by atoms with Crippen molar-refractivity contribution in [1.29, 1.82) is 0 Å². The van der Waals surface area contributed by atoms with E-state index < -0.39 is 5.82 Å². The Bertz CT molecular complexity index is 1380. The molecule has 192 valence electrons. The smallest absolute Gasteiger partial charge is 0.315 e. The number of hydrogen-bond acceptors (Lipinski definition) is 7. The number of anilines is 1. The van der Waals surface area contributed by atoms with Gasteiger partial charge in [-0.05, 0) is 31.9 Å². The number of carbonyl (C=O) groups is 1. The van der Waals surface area contributed by atoms with E-state index in [2.05, 4.69) is 30.9 Å². The highest BCUT2D eigenvalue weighted by atomic mass is 19.1. The molecule has 1 aliphatic rings. The second-order valence-corrected chi connectivity index (χ2v) is 8.70. The fourth-order valence-corrected chi connectivity index (χ4v) is 4.37. The third-order valence-corrected chi connectivity index (χ3v) is 6.11. The summed E-state index contributed by atoms with van der Waals surface area (Å²) in [6.07, 6.45) is 4.10. The van der Waals surface area contributed by atoms with Gasteiger partial charge in [0.25, 0.3) is 0 Å². The Morgan fingerprint density at radius 2 is 2.05 bits per heavy atom. The molecular weight excluding hydrogens is 482 g/mol. The highest BCUT2D eigenvalue weighted by Gasteiger charge is 2.26. The van der Waals surface area contributed by atoms with Gasteiger partial charge in [-0.1, -0.05) is 23.4 Å². The first-order chi connectivity index (χ1) is 18.0. The van der Waals surface area contributed by atoms with Gasteiger partial charge in [-0.25, -0.2) is 23.5 Å². The lowest BCUT2D eigenvalue weighted by Gasteiger charge is -2.34. The molecule has 1 atom stereocenters. The lowest BCUT2D eigenvalue weighted by molar-refractivity contribution is 0.235. The molecule has 4 heterocycles. The first kappa shape index (κ1) is 24.3. The molecule has 0 saturated carbocycles. The van der Waals surface area contributed by atoms with E-state index in [1.165, 1.54) is 12.3 Å². The summed E-state index contributed by atoms with van der Waals surface area (Å²) in [6, 6.07) is 9.43. The number of aromatic nitrogens is 5. The fraction of sp³-hybridized carbons (Fsp3) is 0.320. The molecule has 5 rings (SSSR count). The third-order valence-electron chi connectivity index (χ3n) is 6.11. The monoisotopic (exact) mass is 508 g/mol. The van der Waals surface area contributed by atoms with Gasteiger partial charge in [-0.3, -0.25) is 4.68 Å². The molecule has 1 unspecified atom stereocenters. The molecule has 2 amide bonds. The van der Waals surface area contributed by atoms with Gasteiger partial charge in [0.2, 0.25) is 0 Å². The minimum absolute atomic E-state index is 0.138. The molecule has 0 bridgehead atoms. The van der Waals surface area contributed by atoms with Crippen LogP contribution in [-0.2, 0) is 6.54 Å². The first-order valence-electron chi connectivity index (χ1n) is 12.1. The predicted octanol–water partition coefficient (Wildman–Crippen LogP) is 3.61. The molecule has 3 aromatic heterocycles. The molecule has 1 saturated heterocycles. The van der Waals surface area contributed by atoms with Crippen molar-refractivity contribution in [2.24, 2.45) is 0 Å². The standard InChI is InChI=1S/C25H26F2N8O2/c1-2-28-25(36)30-17-7-5-10-34(15-17)24-19(27)13-29-23(31-24)21-12-22(20-9-11-37-33-20)35(32-21)14-16-6-3-4-8-18(16)26/h3-4,6,8-9,11-13,17H,2,5,7,10,14-15H2,1H3,(H2,28,30,36). The van der Waals surface area contributed by atoms with Crippen LogP contribution in [0.5, 0.6) is 0 Å². The van der Waals surface area contributed by atoms with Gasteiger partial charge in [-0.15, -0.1) is 0 Å². The number of nitrogens with zero attached hydrogens (tertiary/aromatic N) is 6. The Morgan fingerprint density at radius 3 is 2.84 bits per heavy atom. The van der Waals surface area contributed by atoms with E-state index in [1.54, 1.807) is 39.9 Å². The van der Waals surface area contributed by atoms with Gasteiger partial charge < -0.3 is 20.1 Å². The largest absolute Gasteiger partial charge is 0.364 e. The topological polar surface area (TPSA) is 114 Å². The van der Waals surface area contributed by atoms with Crippen LogP contribution in [0.25, 0.3) is 22.9 Å². The van der Waals surface area contributed by atoms with Gasteiger partial charge in [0.1, 0.15) is 23.5 Å². The van der Waals surface area contributed by atoms with Crippen LogP contribution in [0.2, 0.25) is 0 Å². The number of carbonyl (C=O) groups excluding carboxylic acids is 1. The summed E-state index contributed by atoms with van der Waals surface area (Å²) in [5, 5.41) is 14.2. The van der Waals surface area contributed by atoms with E-state index in [9.17, 15) is 13.6 Å². The van der Waals surface area contributed by atoms with Crippen molar-refractivity contribution >= 4 is 11.8 Å². The Balaban J connectivity index is 1.44. The Hall–Kier alpha value is -4.35. The van der Waals surface area contributed by atoms with E-state index in [0.29, 0.717) is 42.3 Å². The molecule has 0 spiro atoms. The molecule has 1 aliphatic heterocycles. The van der Waals surface area contributed by atoms with Crippen LogP contribution in [-0.4, -0.2) is 56.6 Å². The Morgan fingerprint density at radius 1 is 1.19 bits per heavy atom. The zero-order valence-corrected chi connectivity index (χ0v) is 20.2. The van der Waals surface area contributed by atoms with E-state index in [0.717, 1.165) is 19.0 Å². The summed E-state index contributed by atoms with van der Waals surface area (Å²) in [7, 11) is 0. The third kappa shape index (κ3) is 5.42. The predicted molar refractivity (Wildman–Crippen MR) is 132 cm³/mol. The van der Waals surface area contributed by atoms with Gasteiger partial charge >= 0.3 is 6.03 Å². The molecule has 1 fully saturated rings. The molecule has 10 nitrogen and oxygen atoms in total. The van der Waals surface area contributed by atoms with Crippen molar-refractivity contribution in [3.63, 3.8) is 0 Å². The second kappa shape index (κ2) is 10.7. The molecule has 0 aliphatic carbocycles. The van der Waals surface area contributed by atoms with Crippen LogP contribution in [0.3, 0.4) is 0 Å². The van der Waals surface area contributed by atoms with Crippen LogP contribution in [0.1, 0.15) is 25.3 Å². The van der Waals surface area contributed by atoms with Gasteiger partial charge in [0, 0.05) is 37.3 Å². The Kier molecular flexibility index (Phi) is 7.06. The SMILES string of the molecule is CCNC(=O)NC1CCCN(c2nc(-c3cc(-c4ccon4)n(Cc4ccccc4F)n3)ncc2F)C1. The summed E-state index contributed by atoms with van der Waals surface area (Å²) in [5.41, 5.74) is 1.91. The van der Waals surface area contributed by atoms with E-state index >= 15 is 0 Å². The first-order valence-corrected chi connectivity index (χ1v) is 12.1. The molecule has 12 heteroatoms. The van der Waals surface area contributed by atoms with Crippen molar-refractivity contribution in [3.8, 4) is 22.9 Å². The van der Waals surface area contributed by atoms with Crippen molar-refractivity contribution in [2.45, 2.75) is 32.4 Å². The molecule has 0 radical (unpaired) electrons. The van der Waals surface area contributed by atoms with Crippen molar-refractivity contribution in [2.75, 3.05) is 24.5 Å². The van der Waals surface area contributed by atoms with Crippen LogP contribution in [0.4, 0.5) is 19.4 Å². The lowest BCUT2D eigenvalue weighted by atomic mass is 10.1. The van der Waals surface area contributed by atoms with E-state index in [4.69, 9.17) is 4.52 Å². The summed E-state index contributed by atoms with van der Waals surface area (Å²) in [4.78, 5) is 22.4. The zero-order chi connectivity index (χ0) is 25.8. The highest BCUT2D eigenvalue weighted by molar-refractivity contribution is 5.74. The number of urea groups is 1. The maximum absolute atomic E-state index is 14.9. The molecule has 2 N–H and O–H groups in total. The van der Waals surface area contributed by atoms with Crippen LogP contribution in [0, 0.1) is 11.6 Å². The van der Waals surface area contributed by atoms with Gasteiger partial charge in [-0.2, -0.15) is 5.10 Å². The highest BCUT2D eigenvalue weighted by Crippen LogP contribution is 2.27. The van der Waals surface area contributed by atoms with E-state index in [-0.39, 0.29) is 36.1 Å². The van der Waals surface area contributed by atoms with Gasteiger partial charge in [0.15, 0.2) is 17.5 Å². The Labute approximate surface area is 211 Å². The maximum Gasteiger partial charge on any atom is 0.315 e. The number of nitrogens with one attached hydrogen (secondary N) is 2. The van der Waals surface area contributed by atoms with Crippen LogP contribution in [0.15, 0.2) is 53.4 Å². The molecule has 1 aromatic carbocycles. The van der Waals surface area contributed by atoms with E-state index in [1.807, 2.05) is 6.92 Å². The quantitative estimate of drug-likeness (QED) is 0.392. The molecular formula is C25H26F2N8O2. The fourth-order valence-electron chi connectivity index (χ4n) is 4.37. The van der Waals surface area contributed by atoms with Gasteiger partial charge in [0.05, 0.1) is 18.4 Å². The van der Waals surface area contributed by atoms with Crippen molar-refractivity contribution in [1.82, 2.24) is 35.5 Å². The number of piperidine rings is 1. The maximum atomic E-state index is 14.9. The number of rotatable bonds is 7. The number of hydrogen-bond donors (Lipinski definition) is 2. The lowest BCUT2D eigenvalue weighted by Crippen LogP contribution is -2.51.